The van der Waals surface area contributed by atoms with E-state index in [0.717, 1.165) is 23.4 Å². The van der Waals surface area contributed by atoms with E-state index < -0.39 is 16.3 Å². The maximum absolute atomic E-state index is 11.4. The maximum atomic E-state index is 11.4. The summed E-state index contributed by atoms with van der Waals surface area (Å²) in [6.45, 7) is 2.61. The number of nitriles is 1. The molecule has 0 saturated heterocycles. The number of aromatic nitrogens is 1. The Morgan fingerprint density at radius 1 is 1.41 bits per heavy atom. The molecule has 1 aliphatic rings. The maximum Gasteiger partial charge on any atom is 0.211 e. The zero-order valence-corrected chi connectivity index (χ0v) is 16.8. The topological polar surface area (TPSA) is 106 Å². The number of aliphatic hydroxyl groups is 1. The van der Waals surface area contributed by atoms with E-state index in [9.17, 15) is 13.5 Å². The SMILES string of the molecule is Cc1sc(N(CC2CCC2)c2ccc(C#N)cc2)nc1C(O)NS(C)(=O)=O. The van der Waals surface area contributed by atoms with Gasteiger partial charge in [0, 0.05) is 17.1 Å². The molecule has 0 amide bonds. The average molecular weight is 407 g/mol. The highest BCUT2D eigenvalue weighted by atomic mass is 32.2. The van der Waals surface area contributed by atoms with Crippen molar-refractivity contribution in [3.05, 3.63) is 40.4 Å². The molecule has 2 N–H and O–H groups in total. The van der Waals surface area contributed by atoms with E-state index in [0.29, 0.717) is 22.3 Å². The molecule has 0 aliphatic heterocycles. The van der Waals surface area contributed by atoms with Crippen molar-refractivity contribution in [3.63, 3.8) is 0 Å². The Balaban J connectivity index is 1.92. The van der Waals surface area contributed by atoms with Crippen LogP contribution in [0.25, 0.3) is 0 Å². The first-order valence-corrected chi connectivity index (χ1v) is 11.4. The molecule has 144 valence electrons. The summed E-state index contributed by atoms with van der Waals surface area (Å²) >= 11 is 1.41. The molecule has 1 heterocycles. The van der Waals surface area contributed by atoms with Gasteiger partial charge >= 0.3 is 0 Å². The fourth-order valence-corrected chi connectivity index (χ4v) is 4.45. The van der Waals surface area contributed by atoms with Crippen LogP contribution in [-0.2, 0) is 10.0 Å². The van der Waals surface area contributed by atoms with E-state index in [1.54, 1.807) is 12.1 Å². The molecule has 1 saturated carbocycles. The third-order valence-corrected chi connectivity index (χ3v) is 6.27. The minimum atomic E-state index is -3.55. The molecule has 0 bridgehead atoms. The molecule has 1 aliphatic carbocycles. The number of benzene rings is 1. The van der Waals surface area contributed by atoms with Gasteiger partial charge in [-0.25, -0.2) is 13.4 Å². The fourth-order valence-electron chi connectivity index (χ4n) is 2.96. The minimum Gasteiger partial charge on any atom is -0.372 e. The highest BCUT2D eigenvalue weighted by molar-refractivity contribution is 7.88. The minimum absolute atomic E-state index is 0.313. The standard InChI is InChI=1S/C18H22N4O3S2/c1-12-16(17(23)21-27(2,24)25)20-18(26-12)22(11-14-4-3-5-14)15-8-6-13(10-19)7-9-15/h6-9,14,17,21,23H,3-5,11H2,1-2H3. The molecule has 3 rings (SSSR count). The van der Waals surface area contributed by atoms with Gasteiger partial charge in [0.05, 0.1) is 17.9 Å². The Labute approximate surface area is 163 Å². The molecule has 9 heteroatoms. The molecule has 1 aromatic carbocycles. The first-order chi connectivity index (χ1) is 12.8. The van der Waals surface area contributed by atoms with Crippen LogP contribution in [0.15, 0.2) is 24.3 Å². The van der Waals surface area contributed by atoms with Crippen molar-refractivity contribution >= 4 is 32.2 Å². The normalized spacial score (nSPS) is 15.8. The van der Waals surface area contributed by atoms with Crippen molar-refractivity contribution in [2.75, 3.05) is 17.7 Å². The smallest absolute Gasteiger partial charge is 0.211 e. The lowest BCUT2D eigenvalue weighted by molar-refractivity contribution is 0.162. The Bertz CT molecular complexity index is 944. The largest absolute Gasteiger partial charge is 0.372 e. The molecule has 27 heavy (non-hydrogen) atoms. The number of sulfonamides is 1. The van der Waals surface area contributed by atoms with Gasteiger partial charge in [-0.15, -0.1) is 11.3 Å². The van der Waals surface area contributed by atoms with Crippen LogP contribution < -0.4 is 9.62 Å². The van der Waals surface area contributed by atoms with E-state index in [-0.39, 0.29) is 0 Å². The fraction of sp³-hybridized carbons (Fsp3) is 0.444. The lowest BCUT2D eigenvalue weighted by Crippen LogP contribution is -2.29. The van der Waals surface area contributed by atoms with Gasteiger partial charge in [0.25, 0.3) is 0 Å². The molecular weight excluding hydrogens is 384 g/mol. The summed E-state index contributed by atoms with van der Waals surface area (Å²) in [5.74, 6) is 0.576. The van der Waals surface area contributed by atoms with Crippen molar-refractivity contribution in [1.82, 2.24) is 9.71 Å². The highest BCUT2D eigenvalue weighted by Gasteiger charge is 2.26. The summed E-state index contributed by atoms with van der Waals surface area (Å²) in [4.78, 5) is 7.36. The number of aliphatic hydroxyl groups excluding tert-OH is 1. The van der Waals surface area contributed by atoms with Crippen LogP contribution in [0.4, 0.5) is 10.8 Å². The molecule has 0 radical (unpaired) electrons. The van der Waals surface area contributed by atoms with E-state index >= 15 is 0 Å². The van der Waals surface area contributed by atoms with Crippen LogP contribution in [0.2, 0.25) is 0 Å². The van der Waals surface area contributed by atoms with Gasteiger partial charge in [-0.3, -0.25) is 0 Å². The molecular formula is C18H22N4O3S2. The number of nitrogens with zero attached hydrogens (tertiary/aromatic N) is 3. The zero-order valence-electron chi connectivity index (χ0n) is 15.2. The van der Waals surface area contributed by atoms with Gasteiger partial charge in [-0.05, 0) is 49.9 Å². The summed E-state index contributed by atoms with van der Waals surface area (Å²) < 4.78 is 25.0. The number of hydrogen-bond donors (Lipinski definition) is 2. The monoisotopic (exact) mass is 406 g/mol. The van der Waals surface area contributed by atoms with Crippen molar-refractivity contribution in [2.45, 2.75) is 32.4 Å². The van der Waals surface area contributed by atoms with Crippen LogP contribution >= 0.6 is 11.3 Å². The van der Waals surface area contributed by atoms with Crippen LogP contribution in [0.5, 0.6) is 0 Å². The predicted octanol–water partition coefficient (Wildman–Crippen LogP) is 2.80. The Hall–Kier alpha value is -1.99. The third-order valence-electron chi connectivity index (χ3n) is 4.61. The second kappa shape index (κ2) is 7.94. The predicted molar refractivity (Wildman–Crippen MR) is 105 cm³/mol. The highest BCUT2D eigenvalue weighted by Crippen LogP contribution is 2.37. The molecule has 7 nitrogen and oxygen atoms in total. The molecule has 2 aromatic rings. The van der Waals surface area contributed by atoms with E-state index in [4.69, 9.17) is 5.26 Å². The average Bonchev–Trinajstić information content (AvgIpc) is 2.94. The molecule has 1 unspecified atom stereocenters. The lowest BCUT2D eigenvalue weighted by atomic mass is 9.85. The van der Waals surface area contributed by atoms with E-state index in [2.05, 4.69) is 20.7 Å². The van der Waals surface area contributed by atoms with Crippen molar-refractivity contribution < 1.29 is 13.5 Å². The summed E-state index contributed by atoms with van der Waals surface area (Å²) in [5.41, 5.74) is 1.82. The van der Waals surface area contributed by atoms with Gasteiger partial charge < -0.3 is 10.0 Å². The Kier molecular flexibility index (Phi) is 5.81. The first-order valence-electron chi connectivity index (χ1n) is 8.67. The van der Waals surface area contributed by atoms with E-state index in [1.165, 1.54) is 30.6 Å². The molecule has 0 spiro atoms. The Morgan fingerprint density at radius 2 is 2.07 bits per heavy atom. The molecule has 1 atom stereocenters. The number of aryl methyl sites for hydroxylation is 1. The van der Waals surface area contributed by atoms with Crippen molar-refractivity contribution in [1.29, 1.82) is 5.26 Å². The number of hydrogen-bond acceptors (Lipinski definition) is 7. The lowest BCUT2D eigenvalue weighted by Gasteiger charge is -2.32. The quantitative estimate of drug-likeness (QED) is 0.685. The van der Waals surface area contributed by atoms with Crippen LogP contribution in [-0.4, -0.2) is 31.3 Å². The molecule has 1 fully saturated rings. The molecule has 1 aromatic heterocycles. The first kappa shape index (κ1) is 19.8. The van der Waals surface area contributed by atoms with Gasteiger partial charge in [0.2, 0.25) is 10.0 Å². The Morgan fingerprint density at radius 3 is 2.59 bits per heavy atom. The van der Waals surface area contributed by atoms with Crippen LogP contribution in [0, 0.1) is 24.2 Å². The summed E-state index contributed by atoms with van der Waals surface area (Å²) in [5, 5.41) is 19.9. The summed E-state index contributed by atoms with van der Waals surface area (Å²) in [6, 6.07) is 9.43. The number of thiazole rings is 1. The van der Waals surface area contributed by atoms with Gasteiger partial charge in [-0.2, -0.15) is 9.98 Å². The second-order valence-electron chi connectivity index (χ2n) is 6.80. The number of anilines is 2. The summed E-state index contributed by atoms with van der Waals surface area (Å²) in [7, 11) is -3.55. The number of nitrogens with one attached hydrogen (secondary N) is 1. The van der Waals surface area contributed by atoms with Gasteiger partial charge in [-0.1, -0.05) is 6.42 Å². The zero-order chi connectivity index (χ0) is 19.6. The van der Waals surface area contributed by atoms with Crippen molar-refractivity contribution in [3.8, 4) is 6.07 Å². The number of rotatable bonds is 7. The van der Waals surface area contributed by atoms with Crippen LogP contribution in [0.3, 0.4) is 0 Å². The van der Waals surface area contributed by atoms with Crippen molar-refractivity contribution in [2.24, 2.45) is 5.92 Å². The van der Waals surface area contributed by atoms with Crippen LogP contribution in [0.1, 0.15) is 41.6 Å². The third kappa shape index (κ3) is 4.84. The second-order valence-corrected chi connectivity index (χ2v) is 9.76. The van der Waals surface area contributed by atoms with E-state index in [1.807, 2.05) is 19.1 Å². The summed E-state index contributed by atoms with van der Waals surface area (Å²) in [6.07, 6.45) is 3.19. The van der Waals surface area contributed by atoms with Gasteiger partial charge in [0.15, 0.2) is 11.4 Å². The van der Waals surface area contributed by atoms with Gasteiger partial charge in [0.1, 0.15) is 5.69 Å².